The molecule has 0 atom stereocenters. The van der Waals surface area contributed by atoms with Crippen molar-refractivity contribution >= 4 is 41.9 Å². The summed E-state index contributed by atoms with van der Waals surface area (Å²) in [5.41, 5.74) is 0. The molecule has 0 unspecified atom stereocenters. The zero-order chi connectivity index (χ0) is 24.8. The molecule has 1 heterocycles. The van der Waals surface area contributed by atoms with Crippen LogP contribution in [-0.2, 0) is 19.2 Å². The van der Waals surface area contributed by atoms with Crippen LogP contribution in [0.25, 0.3) is 0 Å². The largest absolute Gasteiger partial charge is 0.427 e. The Morgan fingerprint density at radius 2 is 1.46 bits per heavy atom. The Bertz CT molecular complexity index is 1160. The molecule has 0 radical (unpaired) electrons. The predicted molar refractivity (Wildman–Crippen MR) is 126 cm³/mol. The zero-order valence-electron chi connectivity index (χ0n) is 18.2. The maximum Gasteiger partial charge on any atom is 0.314 e. The quantitative estimate of drug-likeness (QED) is 0.132. The molecule has 35 heavy (non-hydrogen) atoms. The lowest BCUT2D eigenvalue weighted by Gasteiger charge is -2.26. The van der Waals surface area contributed by atoms with Crippen LogP contribution in [0.2, 0.25) is 0 Å². The van der Waals surface area contributed by atoms with Crippen molar-refractivity contribution in [3.63, 3.8) is 0 Å². The molecular weight excluding hydrogens is 496 g/mol. The normalized spacial score (nSPS) is 20.3. The van der Waals surface area contributed by atoms with E-state index in [0.29, 0.717) is 45.5 Å². The fourth-order valence-corrected chi connectivity index (χ4v) is 6.24. The molecule has 1 fully saturated rings. The van der Waals surface area contributed by atoms with Gasteiger partial charge in [0.2, 0.25) is 0 Å². The van der Waals surface area contributed by atoms with Gasteiger partial charge in [-0.05, 0) is 49.9 Å². The van der Waals surface area contributed by atoms with Crippen LogP contribution in [0.5, 0.6) is 17.2 Å². The fourth-order valence-electron chi connectivity index (χ4n) is 3.79. The van der Waals surface area contributed by atoms with Crippen molar-refractivity contribution in [2.45, 2.75) is 35.5 Å². The first kappa shape index (κ1) is 24.8. The number of rotatable bonds is 8. The van der Waals surface area contributed by atoms with E-state index < -0.39 is 5.97 Å². The number of nitrogens with two attached hydrogens (primary N) is 1. The number of nitrogens with zero attached hydrogens (tertiary/aromatic N) is 1. The van der Waals surface area contributed by atoms with Crippen molar-refractivity contribution in [2.75, 3.05) is 0 Å². The third-order valence-corrected chi connectivity index (χ3v) is 8.11. The molecule has 1 saturated carbocycles. The average Bonchev–Trinajstić information content (AvgIpc) is 3.33. The van der Waals surface area contributed by atoms with E-state index in [1.807, 2.05) is 6.07 Å². The SMILES string of the molecule is NO/C(N=O)=C1\Sc2c(OC=O)ccc(OC(=O)C3CCC(C(=O)Oc4ccccc4)CC3)c2S1. The Labute approximate surface area is 208 Å². The predicted octanol–water partition coefficient (Wildman–Crippen LogP) is 4.52. The maximum atomic E-state index is 12.9. The van der Waals surface area contributed by atoms with Crippen LogP contribution in [0.4, 0.5) is 0 Å². The topological polar surface area (TPSA) is 144 Å². The van der Waals surface area contributed by atoms with E-state index in [2.05, 4.69) is 10.0 Å². The molecule has 0 bridgehead atoms. The Balaban J connectivity index is 1.41. The molecule has 12 heteroatoms. The number of carbonyl (C=O) groups is 3. The van der Waals surface area contributed by atoms with Gasteiger partial charge >= 0.3 is 11.9 Å². The molecule has 0 spiro atoms. The molecule has 2 aliphatic rings. The number of ether oxygens (including phenoxy) is 3. The van der Waals surface area contributed by atoms with Crippen LogP contribution in [-0.4, -0.2) is 18.4 Å². The molecular formula is C23H20N2O8S2. The van der Waals surface area contributed by atoms with E-state index in [1.54, 1.807) is 24.3 Å². The van der Waals surface area contributed by atoms with Crippen molar-refractivity contribution in [3.05, 3.63) is 57.5 Å². The van der Waals surface area contributed by atoms with Crippen LogP contribution in [0.3, 0.4) is 0 Å². The monoisotopic (exact) mass is 516 g/mol. The number of thioether (sulfide) groups is 2. The van der Waals surface area contributed by atoms with Crippen LogP contribution >= 0.6 is 23.5 Å². The highest BCUT2D eigenvalue weighted by molar-refractivity contribution is 8.24. The molecule has 182 valence electrons. The minimum atomic E-state index is -0.432. The highest BCUT2D eigenvalue weighted by Crippen LogP contribution is 2.59. The van der Waals surface area contributed by atoms with Gasteiger partial charge in [-0.25, -0.2) is 0 Å². The van der Waals surface area contributed by atoms with Gasteiger partial charge in [-0.3, -0.25) is 14.4 Å². The summed E-state index contributed by atoms with van der Waals surface area (Å²) >= 11 is 2.12. The van der Waals surface area contributed by atoms with Gasteiger partial charge in [0.1, 0.15) is 21.5 Å². The van der Waals surface area contributed by atoms with Crippen LogP contribution in [0.1, 0.15) is 25.7 Å². The molecule has 2 N–H and O–H groups in total. The summed E-state index contributed by atoms with van der Waals surface area (Å²) in [5, 5.41) is 2.74. The van der Waals surface area contributed by atoms with Gasteiger partial charge in [0, 0.05) is 5.18 Å². The number of benzene rings is 2. The van der Waals surface area contributed by atoms with Gasteiger partial charge in [-0.2, -0.15) is 5.90 Å². The lowest BCUT2D eigenvalue weighted by atomic mass is 9.82. The summed E-state index contributed by atoms with van der Waals surface area (Å²) in [6, 6.07) is 11.8. The number of para-hydroxylation sites is 1. The molecule has 10 nitrogen and oxygen atoms in total. The summed E-state index contributed by atoms with van der Waals surface area (Å²) in [5.74, 6) is 4.31. The molecule has 0 saturated heterocycles. The highest BCUT2D eigenvalue weighted by Gasteiger charge is 2.34. The highest BCUT2D eigenvalue weighted by atomic mass is 32.2. The van der Waals surface area contributed by atoms with Gasteiger partial charge in [-0.15, -0.1) is 4.91 Å². The third-order valence-electron chi connectivity index (χ3n) is 5.54. The number of fused-ring (bicyclic) bond motifs is 1. The number of carbonyl (C=O) groups excluding carboxylic acids is 3. The summed E-state index contributed by atoms with van der Waals surface area (Å²) in [6.07, 6.45) is 1.98. The molecule has 1 aliphatic carbocycles. The Kier molecular flexibility index (Phi) is 8.06. The maximum absolute atomic E-state index is 12.9. The number of hydrogen-bond donors (Lipinski definition) is 1. The number of esters is 2. The average molecular weight is 517 g/mol. The number of nitroso groups, excluding NO2 is 1. The first-order valence-electron chi connectivity index (χ1n) is 10.6. The van der Waals surface area contributed by atoms with Crippen molar-refractivity contribution in [1.29, 1.82) is 0 Å². The second kappa shape index (κ2) is 11.4. The smallest absolute Gasteiger partial charge is 0.314 e. The van der Waals surface area contributed by atoms with Gasteiger partial charge in [0.05, 0.1) is 21.6 Å². The Morgan fingerprint density at radius 1 is 0.886 bits per heavy atom. The van der Waals surface area contributed by atoms with Gasteiger partial charge in [0.25, 0.3) is 12.4 Å². The fraction of sp³-hybridized carbons (Fsp3) is 0.261. The van der Waals surface area contributed by atoms with Crippen molar-refractivity contribution in [1.82, 2.24) is 0 Å². The second-order valence-corrected chi connectivity index (χ2v) is 9.94. The van der Waals surface area contributed by atoms with Gasteiger partial charge < -0.3 is 19.0 Å². The Hall–Kier alpha value is -3.35. The summed E-state index contributed by atoms with van der Waals surface area (Å²) in [6.45, 7) is 0.272. The van der Waals surface area contributed by atoms with Crippen LogP contribution in [0, 0.1) is 16.7 Å². The summed E-state index contributed by atoms with van der Waals surface area (Å²) in [7, 11) is 0. The summed E-state index contributed by atoms with van der Waals surface area (Å²) in [4.78, 5) is 52.6. The van der Waals surface area contributed by atoms with Crippen LogP contribution in [0.15, 0.2) is 67.6 Å². The lowest BCUT2D eigenvalue weighted by molar-refractivity contribution is -0.145. The van der Waals surface area contributed by atoms with Crippen molar-refractivity contribution < 1.29 is 33.4 Å². The third kappa shape index (κ3) is 5.66. The first-order valence-corrected chi connectivity index (χ1v) is 12.2. The molecule has 4 rings (SSSR count). The van der Waals surface area contributed by atoms with E-state index in [0.717, 1.165) is 23.5 Å². The molecule has 2 aromatic rings. The van der Waals surface area contributed by atoms with Crippen molar-refractivity contribution in [3.8, 4) is 17.2 Å². The summed E-state index contributed by atoms with van der Waals surface area (Å²) < 4.78 is 16.4. The van der Waals surface area contributed by atoms with E-state index in [4.69, 9.17) is 20.1 Å². The lowest BCUT2D eigenvalue weighted by Crippen LogP contribution is -2.30. The minimum Gasteiger partial charge on any atom is -0.427 e. The standard InChI is InChI=1S/C23H20N2O8S2/c24-33-20(25-29)23-34-18-16(30-12-26)10-11-17(19(18)35-23)32-22(28)14-8-6-13(7-9-14)21(27)31-15-4-2-1-3-5-15/h1-5,10-14H,6-9,24H2/b23-20+. The van der Waals surface area contributed by atoms with E-state index in [-0.39, 0.29) is 41.7 Å². The van der Waals surface area contributed by atoms with Gasteiger partial charge in [0.15, 0.2) is 0 Å². The molecule has 2 aromatic carbocycles. The second-order valence-electron chi connectivity index (χ2n) is 7.64. The van der Waals surface area contributed by atoms with E-state index >= 15 is 0 Å². The molecule has 0 amide bonds. The zero-order valence-corrected chi connectivity index (χ0v) is 19.8. The molecule has 0 aromatic heterocycles. The minimum absolute atomic E-state index is 0.224. The van der Waals surface area contributed by atoms with E-state index in [1.165, 1.54) is 12.1 Å². The first-order chi connectivity index (χ1) is 17.0. The molecule has 1 aliphatic heterocycles. The Morgan fingerprint density at radius 3 is 2.03 bits per heavy atom. The van der Waals surface area contributed by atoms with Crippen molar-refractivity contribution in [2.24, 2.45) is 22.9 Å². The number of hydrogen-bond acceptors (Lipinski definition) is 12. The van der Waals surface area contributed by atoms with Gasteiger partial charge in [-0.1, -0.05) is 41.7 Å². The van der Waals surface area contributed by atoms with E-state index in [9.17, 15) is 19.3 Å². The van der Waals surface area contributed by atoms with Crippen LogP contribution < -0.4 is 20.1 Å².